The lowest BCUT2D eigenvalue weighted by molar-refractivity contribution is -0.159. The number of ether oxygens (including phenoxy) is 2. The molecular formula is C20H30N2O7. The van der Waals surface area contributed by atoms with Crippen molar-refractivity contribution in [3.05, 3.63) is 35.9 Å². The van der Waals surface area contributed by atoms with Gasteiger partial charge < -0.3 is 25.6 Å². The highest BCUT2D eigenvalue weighted by molar-refractivity contribution is 6.02. The molecule has 1 aromatic carbocycles. The van der Waals surface area contributed by atoms with E-state index < -0.39 is 35.9 Å². The van der Waals surface area contributed by atoms with E-state index in [9.17, 15) is 19.2 Å². The van der Waals surface area contributed by atoms with Gasteiger partial charge in [-0.15, -0.1) is 0 Å². The Morgan fingerprint density at radius 3 is 1.97 bits per heavy atom. The molecular weight excluding hydrogens is 380 g/mol. The van der Waals surface area contributed by atoms with Gasteiger partial charge in [0.25, 0.3) is 0 Å². The van der Waals surface area contributed by atoms with Crippen LogP contribution in [0.25, 0.3) is 0 Å². The van der Waals surface area contributed by atoms with Crippen molar-refractivity contribution in [2.75, 3.05) is 13.2 Å². The van der Waals surface area contributed by atoms with Crippen molar-refractivity contribution < 1.29 is 33.8 Å². The number of hydrogen-bond donors (Lipinski definition) is 3. The Labute approximate surface area is 170 Å². The molecule has 0 aliphatic rings. The number of benzene rings is 1. The smallest absolute Gasteiger partial charge is 0.340 e. The fourth-order valence-corrected chi connectivity index (χ4v) is 2.16. The lowest BCUT2D eigenvalue weighted by Gasteiger charge is -2.14. The summed E-state index contributed by atoms with van der Waals surface area (Å²) in [5.41, 5.74) is 6.61. The highest BCUT2D eigenvalue weighted by Crippen LogP contribution is 2.05. The lowest BCUT2D eigenvalue weighted by atomic mass is 10.1. The van der Waals surface area contributed by atoms with Crippen LogP contribution in [-0.2, 0) is 35.1 Å². The Hall–Kier alpha value is -2.94. The number of nitrogens with one attached hydrogen (secondary N) is 1. The van der Waals surface area contributed by atoms with Gasteiger partial charge in [-0.05, 0) is 38.7 Å². The van der Waals surface area contributed by atoms with Crippen LogP contribution in [0.2, 0.25) is 0 Å². The first-order valence-electron chi connectivity index (χ1n) is 9.35. The number of esters is 2. The third-order valence-electron chi connectivity index (χ3n) is 3.53. The van der Waals surface area contributed by atoms with E-state index in [2.05, 4.69) is 14.8 Å². The van der Waals surface area contributed by atoms with E-state index in [0.29, 0.717) is 6.42 Å². The molecule has 29 heavy (non-hydrogen) atoms. The van der Waals surface area contributed by atoms with Crippen molar-refractivity contribution in [1.29, 1.82) is 0 Å². The summed E-state index contributed by atoms with van der Waals surface area (Å²) in [6.45, 7) is 4.68. The molecule has 1 unspecified atom stereocenters. The maximum absolute atomic E-state index is 11.3. The molecule has 0 bridgehead atoms. The number of rotatable bonds is 10. The molecule has 9 heteroatoms. The molecule has 0 saturated carbocycles. The van der Waals surface area contributed by atoms with Crippen molar-refractivity contribution in [2.24, 2.45) is 5.73 Å². The first-order valence-corrected chi connectivity index (χ1v) is 9.35. The van der Waals surface area contributed by atoms with E-state index in [0.717, 1.165) is 12.8 Å². The number of aliphatic carboxylic acids is 1. The zero-order valence-electron chi connectivity index (χ0n) is 17.1. The number of carbonyl (C=O) groups excluding carboxylic acids is 3. The summed E-state index contributed by atoms with van der Waals surface area (Å²) < 4.78 is 9.24. The number of hydrogen-bond acceptors (Lipinski definition) is 7. The number of aryl methyl sites for hydroxylation is 1. The van der Waals surface area contributed by atoms with E-state index in [1.54, 1.807) is 13.8 Å². The summed E-state index contributed by atoms with van der Waals surface area (Å²) in [7, 11) is 0. The van der Waals surface area contributed by atoms with Crippen molar-refractivity contribution in [1.82, 2.24) is 5.32 Å². The molecule has 4 N–H and O–H groups in total. The molecule has 1 atom stereocenters. The van der Waals surface area contributed by atoms with Crippen LogP contribution < -0.4 is 11.1 Å². The van der Waals surface area contributed by atoms with Gasteiger partial charge in [0.2, 0.25) is 11.9 Å². The van der Waals surface area contributed by atoms with Gasteiger partial charge in [-0.3, -0.25) is 9.59 Å². The molecule has 0 fully saturated rings. The second-order valence-corrected chi connectivity index (χ2v) is 5.96. The van der Waals surface area contributed by atoms with Gasteiger partial charge in [0.15, 0.2) is 0 Å². The quantitative estimate of drug-likeness (QED) is 0.383. The zero-order valence-corrected chi connectivity index (χ0v) is 17.1. The van der Waals surface area contributed by atoms with Crippen LogP contribution in [0.4, 0.5) is 0 Å². The van der Waals surface area contributed by atoms with Crippen LogP contribution in [0.3, 0.4) is 0 Å². The number of carboxylic acid groups (broad SMARTS) is 1. The minimum Gasteiger partial charge on any atom is -0.480 e. The fraction of sp³-hybridized carbons (Fsp3) is 0.500. The second kappa shape index (κ2) is 15.0. The predicted molar refractivity (Wildman–Crippen MR) is 106 cm³/mol. The van der Waals surface area contributed by atoms with Crippen LogP contribution in [-0.4, -0.2) is 54.2 Å². The van der Waals surface area contributed by atoms with Crippen LogP contribution in [0.5, 0.6) is 0 Å². The van der Waals surface area contributed by atoms with E-state index in [4.69, 9.17) is 10.8 Å². The third-order valence-corrected chi connectivity index (χ3v) is 3.53. The van der Waals surface area contributed by atoms with E-state index >= 15 is 0 Å². The van der Waals surface area contributed by atoms with Crippen molar-refractivity contribution in [2.45, 2.75) is 52.1 Å². The third kappa shape index (κ3) is 12.2. The Kier molecular flexibility index (Phi) is 13.5. The molecule has 0 aliphatic heterocycles. The fourth-order valence-electron chi connectivity index (χ4n) is 2.16. The molecule has 0 saturated heterocycles. The summed E-state index contributed by atoms with van der Waals surface area (Å²) >= 11 is 0. The van der Waals surface area contributed by atoms with Gasteiger partial charge >= 0.3 is 17.9 Å². The highest BCUT2D eigenvalue weighted by atomic mass is 16.6. The number of nitrogens with two attached hydrogens (primary N) is 1. The van der Waals surface area contributed by atoms with E-state index in [-0.39, 0.29) is 13.2 Å². The van der Waals surface area contributed by atoms with E-state index in [1.165, 1.54) is 12.5 Å². The van der Waals surface area contributed by atoms with Gasteiger partial charge in [0.05, 0.1) is 13.2 Å². The van der Waals surface area contributed by atoms with Crippen LogP contribution in [0, 0.1) is 0 Å². The molecule has 162 valence electrons. The molecule has 1 amide bonds. The van der Waals surface area contributed by atoms with Crippen LogP contribution in [0.15, 0.2) is 30.3 Å². The normalized spacial score (nSPS) is 10.9. The molecule has 0 spiro atoms. The molecule has 1 rings (SSSR count). The maximum atomic E-state index is 11.3. The minimum atomic E-state index is -1.37. The Morgan fingerprint density at radius 1 is 1.03 bits per heavy atom. The van der Waals surface area contributed by atoms with Gasteiger partial charge in [-0.1, -0.05) is 30.3 Å². The van der Waals surface area contributed by atoms with Crippen molar-refractivity contribution >= 4 is 23.8 Å². The van der Waals surface area contributed by atoms with Crippen LogP contribution in [0.1, 0.15) is 39.2 Å². The molecule has 0 radical (unpaired) electrons. The van der Waals surface area contributed by atoms with E-state index in [1.807, 2.05) is 30.3 Å². The monoisotopic (exact) mass is 410 g/mol. The first-order chi connectivity index (χ1) is 13.7. The van der Waals surface area contributed by atoms with Gasteiger partial charge in [-0.25, -0.2) is 9.59 Å². The largest absolute Gasteiger partial charge is 0.480 e. The molecule has 9 nitrogen and oxygen atoms in total. The zero-order chi connectivity index (χ0) is 22.2. The SMILES string of the molecule is CCOC(=O)C(NC(C)=O)C(=O)OCC.NC(CCCc1ccccc1)C(=O)O. The average molecular weight is 410 g/mol. The first kappa shape index (κ1) is 26.1. The minimum absolute atomic E-state index is 0.133. The predicted octanol–water partition coefficient (Wildman–Crippen LogP) is 1.04. The summed E-state index contributed by atoms with van der Waals surface area (Å²) in [6, 6.07) is 7.89. The summed E-state index contributed by atoms with van der Waals surface area (Å²) in [4.78, 5) is 43.7. The Balaban J connectivity index is 0.000000541. The Bertz CT molecular complexity index is 631. The van der Waals surface area contributed by atoms with Crippen molar-refractivity contribution in [3.63, 3.8) is 0 Å². The van der Waals surface area contributed by atoms with Gasteiger partial charge in [0, 0.05) is 6.92 Å². The summed E-state index contributed by atoms with van der Waals surface area (Å²) in [5, 5.41) is 10.7. The molecule has 0 aliphatic carbocycles. The molecule has 0 heterocycles. The van der Waals surface area contributed by atoms with Crippen molar-refractivity contribution in [3.8, 4) is 0 Å². The average Bonchev–Trinajstić information content (AvgIpc) is 2.67. The molecule has 1 aromatic rings. The van der Waals surface area contributed by atoms with Crippen LogP contribution >= 0.6 is 0 Å². The number of amides is 1. The summed E-state index contributed by atoms with van der Waals surface area (Å²) in [5.74, 6) is -3.04. The highest BCUT2D eigenvalue weighted by Gasteiger charge is 2.30. The lowest BCUT2D eigenvalue weighted by Crippen LogP contribution is -2.47. The molecule has 0 aromatic heterocycles. The topological polar surface area (TPSA) is 145 Å². The summed E-state index contributed by atoms with van der Waals surface area (Å²) in [6.07, 6.45) is 2.24. The van der Waals surface area contributed by atoms with Gasteiger partial charge in [0.1, 0.15) is 6.04 Å². The van der Waals surface area contributed by atoms with Gasteiger partial charge in [-0.2, -0.15) is 0 Å². The number of carboxylic acids is 1. The second-order valence-electron chi connectivity index (χ2n) is 5.96. The maximum Gasteiger partial charge on any atom is 0.340 e. The standard InChI is InChI=1S/C11H15NO2.C9H15NO5/c12-10(11(13)14)8-4-7-9-5-2-1-3-6-9;1-4-14-8(12)7(10-6(3)11)9(13)15-5-2/h1-3,5-6,10H,4,7-8,12H2,(H,13,14);7H,4-5H2,1-3H3,(H,10,11). The number of carbonyl (C=O) groups is 4. The Morgan fingerprint density at radius 2 is 1.55 bits per heavy atom.